The minimum atomic E-state index is -4.25. The van der Waals surface area contributed by atoms with E-state index in [1.807, 2.05) is 0 Å². The van der Waals surface area contributed by atoms with Crippen LogP contribution >= 0.6 is 15.9 Å². The van der Waals surface area contributed by atoms with Crippen molar-refractivity contribution in [1.29, 1.82) is 0 Å². The average Bonchev–Trinajstić information content (AvgIpc) is 2.40. The van der Waals surface area contributed by atoms with E-state index in [2.05, 4.69) is 15.9 Å². The van der Waals surface area contributed by atoms with E-state index in [4.69, 9.17) is 0 Å². The summed E-state index contributed by atoms with van der Waals surface area (Å²) in [6.45, 7) is 1.47. The quantitative estimate of drug-likeness (QED) is 0.777. The largest absolute Gasteiger partial charge is 0.391 e. The number of rotatable bonds is 2. The number of piperidine rings is 1. The monoisotopic (exact) mass is 385 g/mol. The van der Waals surface area contributed by atoms with Gasteiger partial charge in [0.1, 0.15) is 0 Å². The van der Waals surface area contributed by atoms with Gasteiger partial charge in [-0.15, -0.1) is 0 Å². The summed E-state index contributed by atoms with van der Waals surface area (Å²) in [6, 6.07) is 4.88. The molecular formula is C13H15BrF3NO2S. The van der Waals surface area contributed by atoms with Gasteiger partial charge in [-0.2, -0.15) is 17.5 Å². The van der Waals surface area contributed by atoms with Crippen LogP contribution in [0.1, 0.15) is 18.4 Å². The van der Waals surface area contributed by atoms with Crippen LogP contribution in [0.4, 0.5) is 13.2 Å². The number of hydrogen-bond acceptors (Lipinski definition) is 2. The molecular weight excluding hydrogens is 371 g/mol. The highest BCUT2D eigenvalue weighted by atomic mass is 79.9. The zero-order valence-corrected chi connectivity index (χ0v) is 13.7. The van der Waals surface area contributed by atoms with Crippen LogP contribution in [0.3, 0.4) is 0 Å². The lowest BCUT2D eigenvalue weighted by atomic mass is 9.98. The minimum absolute atomic E-state index is 0.0987. The Kier molecular flexibility index (Phi) is 4.70. The van der Waals surface area contributed by atoms with E-state index in [-0.39, 0.29) is 30.8 Å². The number of halogens is 4. The van der Waals surface area contributed by atoms with Gasteiger partial charge in [0.15, 0.2) is 0 Å². The maximum atomic E-state index is 12.6. The Labute approximate surface area is 130 Å². The molecule has 0 radical (unpaired) electrons. The standard InChI is InChI=1S/C13H15BrF3NO2S/c1-9-2-3-11(14)8-12(9)21(19,20)18-6-4-10(5-7-18)13(15,16)17/h2-3,8,10H,4-7H2,1H3. The fourth-order valence-corrected chi connectivity index (χ4v) is 4.65. The van der Waals surface area contributed by atoms with Gasteiger partial charge in [0.05, 0.1) is 10.8 Å². The third-order valence-corrected chi connectivity index (χ3v) is 6.22. The van der Waals surface area contributed by atoms with Crippen molar-refractivity contribution in [3.05, 3.63) is 28.2 Å². The predicted octanol–water partition coefficient (Wildman–Crippen LogP) is 3.72. The molecule has 0 N–H and O–H groups in total. The molecule has 21 heavy (non-hydrogen) atoms. The number of nitrogens with zero attached hydrogens (tertiary/aromatic N) is 1. The van der Waals surface area contributed by atoms with Gasteiger partial charge in [0, 0.05) is 17.6 Å². The molecule has 2 rings (SSSR count). The van der Waals surface area contributed by atoms with E-state index < -0.39 is 22.1 Å². The normalized spacial score (nSPS) is 18.9. The molecule has 0 unspecified atom stereocenters. The van der Waals surface area contributed by atoms with Crippen LogP contribution in [0.2, 0.25) is 0 Å². The Morgan fingerprint density at radius 1 is 1.24 bits per heavy atom. The van der Waals surface area contributed by atoms with Gasteiger partial charge in [-0.25, -0.2) is 8.42 Å². The Balaban J connectivity index is 2.21. The topological polar surface area (TPSA) is 37.4 Å². The highest BCUT2D eigenvalue weighted by Gasteiger charge is 2.43. The zero-order chi connectivity index (χ0) is 15.8. The Morgan fingerprint density at radius 3 is 2.33 bits per heavy atom. The molecule has 1 aliphatic rings. The van der Waals surface area contributed by atoms with Gasteiger partial charge in [-0.05, 0) is 37.5 Å². The first-order chi connectivity index (χ1) is 9.62. The molecule has 0 aliphatic carbocycles. The molecule has 1 saturated heterocycles. The molecule has 8 heteroatoms. The third kappa shape index (κ3) is 3.60. The van der Waals surface area contributed by atoms with Crippen molar-refractivity contribution >= 4 is 26.0 Å². The molecule has 1 heterocycles. The number of aryl methyl sites for hydroxylation is 1. The predicted molar refractivity (Wildman–Crippen MR) is 76.4 cm³/mol. The molecule has 3 nitrogen and oxygen atoms in total. The van der Waals surface area contributed by atoms with E-state index in [1.54, 1.807) is 19.1 Å². The Hall–Kier alpha value is -0.600. The molecule has 0 spiro atoms. The van der Waals surface area contributed by atoms with Gasteiger partial charge in [0.2, 0.25) is 10.0 Å². The van der Waals surface area contributed by atoms with E-state index >= 15 is 0 Å². The summed E-state index contributed by atoms with van der Waals surface area (Å²) in [5.41, 5.74) is 0.580. The summed E-state index contributed by atoms with van der Waals surface area (Å²) in [6.07, 6.45) is -4.62. The lowest BCUT2D eigenvalue weighted by Crippen LogP contribution is -2.42. The lowest BCUT2D eigenvalue weighted by Gasteiger charge is -2.32. The van der Waals surface area contributed by atoms with Crippen LogP contribution in [0.5, 0.6) is 0 Å². The SMILES string of the molecule is Cc1ccc(Br)cc1S(=O)(=O)N1CCC(C(F)(F)F)CC1. The highest BCUT2D eigenvalue weighted by Crippen LogP contribution is 2.36. The Morgan fingerprint density at radius 2 is 1.81 bits per heavy atom. The summed E-state index contributed by atoms with van der Waals surface area (Å²) in [5, 5.41) is 0. The molecule has 1 fully saturated rings. The molecule has 0 bridgehead atoms. The number of hydrogen-bond donors (Lipinski definition) is 0. The first-order valence-corrected chi connectivity index (χ1v) is 8.68. The van der Waals surface area contributed by atoms with Gasteiger partial charge in [-0.1, -0.05) is 22.0 Å². The van der Waals surface area contributed by atoms with Gasteiger partial charge < -0.3 is 0 Å². The molecule has 0 aromatic heterocycles. The van der Waals surface area contributed by atoms with Crippen LogP contribution in [0, 0.1) is 12.8 Å². The number of benzene rings is 1. The van der Waals surface area contributed by atoms with Gasteiger partial charge in [-0.3, -0.25) is 0 Å². The van der Waals surface area contributed by atoms with Gasteiger partial charge in [0.25, 0.3) is 0 Å². The van der Waals surface area contributed by atoms with Crippen molar-refractivity contribution in [3.63, 3.8) is 0 Å². The first kappa shape index (κ1) is 16.8. The average molecular weight is 386 g/mol. The highest BCUT2D eigenvalue weighted by molar-refractivity contribution is 9.10. The molecule has 1 aliphatic heterocycles. The summed E-state index contributed by atoms with van der Waals surface area (Å²) in [5.74, 6) is -1.41. The minimum Gasteiger partial charge on any atom is -0.207 e. The smallest absolute Gasteiger partial charge is 0.207 e. The summed E-state index contributed by atoms with van der Waals surface area (Å²) >= 11 is 3.22. The maximum absolute atomic E-state index is 12.6. The van der Waals surface area contributed by atoms with Crippen LogP contribution in [0.25, 0.3) is 0 Å². The van der Waals surface area contributed by atoms with E-state index in [9.17, 15) is 21.6 Å². The molecule has 0 saturated carbocycles. The van der Waals surface area contributed by atoms with Crippen LogP contribution in [0.15, 0.2) is 27.6 Å². The molecule has 0 atom stereocenters. The van der Waals surface area contributed by atoms with Crippen molar-refractivity contribution < 1.29 is 21.6 Å². The molecule has 1 aromatic carbocycles. The van der Waals surface area contributed by atoms with Crippen LogP contribution in [-0.4, -0.2) is 32.0 Å². The summed E-state index contributed by atoms with van der Waals surface area (Å²) in [7, 11) is -3.75. The second kappa shape index (κ2) is 5.89. The maximum Gasteiger partial charge on any atom is 0.391 e. The van der Waals surface area contributed by atoms with E-state index in [0.717, 1.165) is 4.31 Å². The van der Waals surface area contributed by atoms with E-state index in [0.29, 0.717) is 10.0 Å². The summed E-state index contributed by atoms with van der Waals surface area (Å²) < 4.78 is 64.7. The lowest BCUT2D eigenvalue weighted by molar-refractivity contribution is -0.182. The van der Waals surface area contributed by atoms with Crippen LogP contribution < -0.4 is 0 Å². The molecule has 1 aromatic rings. The third-order valence-electron chi connectivity index (χ3n) is 3.68. The van der Waals surface area contributed by atoms with Crippen molar-refractivity contribution in [2.24, 2.45) is 5.92 Å². The number of sulfonamides is 1. The van der Waals surface area contributed by atoms with Crippen molar-refractivity contribution in [2.75, 3.05) is 13.1 Å². The zero-order valence-electron chi connectivity index (χ0n) is 11.3. The Bertz CT molecular complexity index is 623. The van der Waals surface area contributed by atoms with E-state index in [1.165, 1.54) is 6.07 Å². The molecule has 118 valence electrons. The first-order valence-electron chi connectivity index (χ1n) is 6.45. The second-order valence-electron chi connectivity index (χ2n) is 5.13. The van der Waals surface area contributed by atoms with Gasteiger partial charge >= 0.3 is 6.18 Å². The fourth-order valence-electron chi connectivity index (χ4n) is 2.41. The van der Waals surface area contributed by atoms with Crippen LogP contribution in [-0.2, 0) is 10.0 Å². The second-order valence-corrected chi connectivity index (χ2v) is 7.95. The fraction of sp³-hybridized carbons (Fsp3) is 0.538. The van der Waals surface area contributed by atoms with Crippen molar-refractivity contribution in [2.45, 2.75) is 30.8 Å². The summed E-state index contributed by atoms with van der Waals surface area (Å²) in [4.78, 5) is 0.141. The molecule has 0 amide bonds. The van der Waals surface area contributed by atoms with Crippen molar-refractivity contribution in [3.8, 4) is 0 Å². The van der Waals surface area contributed by atoms with Crippen molar-refractivity contribution in [1.82, 2.24) is 4.31 Å². The number of alkyl halides is 3.